The van der Waals surface area contributed by atoms with Gasteiger partial charge in [0.1, 0.15) is 12.0 Å². The van der Waals surface area contributed by atoms with Gasteiger partial charge in [-0.2, -0.15) is 0 Å². The Morgan fingerprint density at radius 1 is 0.857 bits per heavy atom. The molecule has 140 valence electrons. The van der Waals surface area contributed by atoms with Gasteiger partial charge in [0.25, 0.3) is 0 Å². The van der Waals surface area contributed by atoms with Crippen LogP contribution in [0.25, 0.3) is 10.9 Å². The normalized spacial score (nSPS) is 10.8. The maximum Gasteiger partial charge on any atom is 0.159 e. The van der Waals surface area contributed by atoms with Crippen LogP contribution in [0.2, 0.25) is 10.0 Å². The quantitative estimate of drug-likeness (QED) is 0.399. The molecule has 2 aromatic carbocycles. The number of nitrogens with one attached hydrogen (secondary N) is 2. The summed E-state index contributed by atoms with van der Waals surface area (Å²) in [6.45, 7) is 1.96. The Hall–Kier alpha value is -3.09. The van der Waals surface area contributed by atoms with E-state index in [4.69, 9.17) is 28.9 Å². The summed E-state index contributed by atoms with van der Waals surface area (Å²) in [5.41, 5.74) is 9.95. The Morgan fingerprint density at radius 3 is 2.32 bits per heavy atom. The van der Waals surface area contributed by atoms with Crippen LogP contribution in [0, 0.1) is 6.92 Å². The predicted octanol–water partition coefficient (Wildman–Crippen LogP) is 5.71. The van der Waals surface area contributed by atoms with E-state index in [1.807, 2.05) is 37.3 Å². The van der Waals surface area contributed by atoms with Crippen molar-refractivity contribution in [1.29, 1.82) is 0 Å². The number of nitrogens with zero attached hydrogens (tertiary/aromatic N) is 3. The van der Waals surface area contributed by atoms with Gasteiger partial charge in [0.2, 0.25) is 0 Å². The molecular weight excluding hydrogens is 395 g/mol. The zero-order chi connectivity index (χ0) is 19.7. The van der Waals surface area contributed by atoms with E-state index < -0.39 is 0 Å². The van der Waals surface area contributed by atoms with Gasteiger partial charge in [-0.05, 0) is 43.3 Å². The van der Waals surface area contributed by atoms with E-state index in [1.165, 1.54) is 6.33 Å². The molecule has 0 saturated carbocycles. The molecule has 0 radical (unpaired) electrons. The maximum atomic E-state index is 6.29. The number of nitrogen functional groups attached to an aromatic ring is 1. The minimum atomic E-state index is 0.357. The number of fused-ring (bicyclic) bond motifs is 1. The molecule has 0 bridgehead atoms. The molecule has 0 aliphatic rings. The lowest BCUT2D eigenvalue weighted by Gasteiger charge is -2.14. The third kappa shape index (κ3) is 3.52. The molecule has 8 heteroatoms. The fourth-order valence-electron chi connectivity index (χ4n) is 2.82. The standard InChI is InChI=1S/C20H16Cl2N6/c1-11-8-9-12-14(26-11)5-3-6-15(12)27-19-18(23)20(25-10-24-19)28-16-7-2-4-13(21)17(16)22/h2-10H,23H2,1H3,(H2,24,25,27,28). The fraction of sp³-hybridized carbons (Fsp3) is 0.0500. The van der Waals surface area contributed by atoms with Crippen LogP contribution in [-0.4, -0.2) is 15.0 Å². The van der Waals surface area contributed by atoms with Gasteiger partial charge in [0, 0.05) is 16.8 Å². The highest BCUT2D eigenvalue weighted by Crippen LogP contribution is 2.35. The Kier molecular flexibility index (Phi) is 4.90. The molecule has 6 nitrogen and oxygen atoms in total. The zero-order valence-corrected chi connectivity index (χ0v) is 16.4. The number of rotatable bonds is 4. The van der Waals surface area contributed by atoms with Crippen LogP contribution in [0.3, 0.4) is 0 Å². The van der Waals surface area contributed by atoms with Crippen LogP contribution in [0.5, 0.6) is 0 Å². The highest BCUT2D eigenvalue weighted by Gasteiger charge is 2.12. The van der Waals surface area contributed by atoms with Crippen molar-refractivity contribution in [2.45, 2.75) is 6.92 Å². The molecule has 0 aliphatic carbocycles. The number of nitrogens with two attached hydrogens (primary N) is 1. The first-order valence-electron chi connectivity index (χ1n) is 8.48. The second-order valence-corrected chi connectivity index (χ2v) is 6.95. The minimum Gasteiger partial charge on any atom is -0.393 e. The summed E-state index contributed by atoms with van der Waals surface area (Å²) >= 11 is 12.3. The minimum absolute atomic E-state index is 0.357. The van der Waals surface area contributed by atoms with E-state index >= 15 is 0 Å². The lowest BCUT2D eigenvalue weighted by Crippen LogP contribution is -2.05. The summed E-state index contributed by atoms with van der Waals surface area (Å²) in [5.74, 6) is 0.902. The molecule has 4 aromatic rings. The third-order valence-electron chi connectivity index (χ3n) is 4.21. The third-order valence-corrected chi connectivity index (χ3v) is 5.03. The second-order valence-electron chi connectivity index (χ2n) is 6.16. The van der Waals surface area contributed by atoms with Crippen molar-refractivity contribution >= 4 is 62.8 Å². The van der Waals surface area contributed by atoms with Gasteiger partial charge in [-0.15, -0.1) is 0 Å². The number of anilines is 5. The number of halogens is 2. The molecule has 2 aromatic heterocycles. The van der Waals surface area contributed by atoms with Crippen molar-refractivity contribution in [3.05, 3.63) is 70.6 Å². The number of aryl methyl sites for hydroxylation is 1. The molecule has 0 saturated heterocycles. The van der Waals surface area contributed by atoms with Gasteiger partial charge < -0.3 is 16.4 Å². The van der Waals surface area contributed by atoms with Crippen LogP contribution in [0.1, 0.15) is 5.69 Å². The summed E-state index contributed by atoms with van der Waals surface area (Å²) in [4.78, 5) is 13.0. The summed E-state index contributed by atoms with van der Waals surface area (Å²) in [5, 5.41) is 8.19. The number of benzene rings is 2. The van der Waals surface area contributed by atoms with E-state index in [0.717, 1.165) is 22.3 Å². The van der Waals surface area contributed by atoms with Crippen LogP contribution >= 0.6 is 23.2 Å². The van der Waals surface area contributed by atoms with Crippen molar-refractivity contribution < 1.29 is 0 Å². The van der Waals surface area contributed by atoms with Crippen molar-refractivity contribution in [2.75, 3.05) is 16.4 Å². The average molecular weight is 411 g/mol. The van der Waals surface area contributed by atoms with E-state index in [0.29, 0.717) is 33.1 Å². The molecule has 4 rings (SSSR count). The molecule has 0 amide bonds. The Labute approximate surface area is 171 Å². The second kappa shape index (κ2) is 7.50. The predicted molar refractivity (Wildman–Crippen MR) is 116 cm³/mol. The highest BCUT2D eigenvalue weighted by molar-refractivity contribution is 6.43. The fourth-order valence-corrected chi connectivity index (χ4v) is 3.16. The maximum absolute atomic E-state index is 6.29. The van der Waals surface area contributed by atoms with Crippen molar-refractivity contribution in [2.24, 2.45) is 0 Å². The van der Waals surface area contributed by atoms with Gasteiger partial charge >= 0.3 is 0 Å². The first kappa shape index (κ1) is 18.3. The smallest absolute Gasteiger partial charge is 0.159 e. The molecule has 4 N–H and O–H groups in total. The monoisotopic (exact) mass is 410 g/mol. The lowest BCUT2D eigenvalue weighted by atomic mass is 10.1. The number of hydrogen-bond acceptors (Lipinski definition) is 6. The molecule has 0 atom stereocenters. The zero-order valence-electron chi connectivity index (χ0n) is 14.9. The van der Waals surface area contributed by atoms with Gasteiger partial charge in [-0.25, -0.2) is 9.97 Å². The largest absolute Gasteiger partial charge is 0.393 e. The summed E-state index contributed by atoms with van der Waals surface area (Å²) in [6, 6.07) is 15.1. The Morgan fingerprint density at radius 2 is 1.54 bits per heavy atom. The van der Waals surface area contributed by atoms with E-state index in [1.54, 1.807) is 18.2 Å². The summed E-state index contributed by atoms with van der Waals surface area (Å²) in [6.07, 6.45) is 1.42. The average Bonchev–Trinajstić information content (AvgIpc) is 2.68. The van der Waals surface area contributed by atoms with Gasteiger partial charge in [0.05, 0.1) is 21.2 Å². The SMILES string of the molecule is Cc1ccc2c(Nc3ncnc(Nc4cccc(Cl)c4Cl)c3N)cccc2n1. The molecule has 0 fully saturated rings. The van der Waals surface area contributed by atoms with E-state index in [2.05, 4.69) is 25.6 Å². The van der Waals surface area contributed by atoms with Crippen LogP contribution in [0.4, 0.5) is 28.7 Å². The van der Waals surface area contributed by atoms with Crippen molar-refractivity contribution in [3.63, 3.8) is 0 Å². The highest BCUT2D eigenvalue weighted by atomic mass is 35.5. The lowest BCUT2D eigenvalue weighted by molar-refractivity contribution is 1.17. The molecule has 0 spiro atoms. The first-order valence-corrected chi connectivity index (χ1v) is 9.23. The number of aromatic nitrogens is 3. The van der Waals surface area contributed by atoms with Crippen LogP contribution in [-0.2, 0) is 0 Å². The van der Waals surface area contributed by atoms with Gasteiger partial charge in [-0.1, -0.05) is 35.3 Å². The van der Waals surface area contributed by atoms with Gasteiger partial charge in [0.15, 0.2) is 11.6 Å². The Bertz CT molecular complexity index is 1180. The number of hydrogen-bond donors (Lipinski definition) is 3. The molecule has 28 heavy (non-hydrogen) atoms. The van der Waals surface area contributed by atoms with Crippen molar-refractivity contribution in [1.82, 2.24) is 15.0 Å². The van der Waals surface area contributed by atoms with Crippen LogP contribution < -0.4 is 16.4 Å². The Balaban J connectivity index is 1.69. The van der Waals surface area contributed by atoms with Gasteiger partial charge in [-0.3, -0.25) is 4.98 Å². The first-order chi connectivity index (χ1) is 13.5. The molecule has 2 heterocycles. The molecule has 0 unspecified atom stereocenters. The van der Waals surface area contributed by atoms with Crippen molar-refractivity contribution in [3.8, 4) is 0 Å². The molecule has 0 aliphatic heterocycles. The topological polar surface area (TPSA) is 88.8 Å². The number of pyridine rings is 1. The summed E-state index contributed by atoms with van der Waals surface area (Å²) in [7, 11) is 0. The summed E-state index contributed by atoms with van der Waals surface area (Å²) < 4.78 is 0. The van der Waals surface area contributed by atoms with E-state index in [-0.39, 0.29) is 0 Å². The van der Waals surface area contributed by atoms with E-state index in [9.17, 15) is 0 Å². The molecular formula is C20H16Cl2N6. The van der Waals surface area contributed by atoms with Crippen LogP contribution in [0.15, 0.2) is 54.9 Å².